The van der Waals surface area contributed by atoms with Crippen molar-refractivity contribution in [1.29, 1.82) is 0 Å². The molecule has 2 bridgehead atoms. The maximum Gasteiger partial charge on any atom is 0.330 e. The van der Waals surface area contributed by atoms with E-state index in [1.54, 1.807) is 58.2 Å². The molecule has 4 aromatic rings. The summed E-state index contributed by atoms with van der Waals surface area (Å²) in [7, 11) is 7.47. The number of aryl methyl sites for hydroxylation is 1. The van der Waals surface area contributed by atoms with E-state index in [0.717, 1.165) is 26.8 Å². The molecular weight excluding hydrogens is 1130 g/mol. The van der Waals surface area contributed by atoms with Crippen LogP contribution in [0.2, 0.25) is 0 Å². The third-order valence-corrected chi connectivity index (χ3v) is 15.5. The SMILES string of the molecule is COc1ccc(CC[C@H]2OC(=O)[C@@H]3CCCCN3C(=O)C(=O)C(C)(C)COC(=O)/C=C\CCN(C)C(=O)[C@H](Cc3ccc4ccccc4c3)NC(=O)[C@H](COC(C)(C)C)N(C)C(=O)[C@@H](CC(C)C)NC(=O)CN(C)C(=O)COc3cccc2c3)cc1OC. The van der Waals surface area contributed by atoms with Crippen LogP contribution < -0.4 is 24.8 Å². The Labute approximate surface area is 516 Å². The molecule has 0 spiro atoms. The van der Waals surface area contributed by atoms with E-state index >= 15 is 0 Å². The third kappa shape index (κ3) is 19.6. The first-order valence-electron chi connectivity index (χ1n) is 30.0. The van der Waals surface area contributed by atoms with Gasteiger partial charge in [-0.2, -0.15) is 0 Å². The number of amides is 6. The summed E-state index contributed by atoms with van der Waals surface area (Å²) in [6, 6.07) is 20.8. The normalized spacial score (nSPS) is 22.0. The number of likely N-dealkylation sites (N-methyl/N-ethyl adjacent to an activating group) is 3. The van der Waals surface area contributed by atoms with Gasteiger partial charge in [0.05, 0.1) is 38.4 Å². The molecule has 2 aliphatic rings. The number of rotatable bonds is 11. The number of fused-ring (bicyclic) bond motifs is 4. The van der Waals surface area contributed by atoms with Crippen molar-refractivity contribution in [2.24, 2.45) is 11.3 Å². The van der Waals surface area contributed by atoms with Crippen molar-refractivity contribution >= 4 is 63.9 Å². The zero-order chi connectivity index (χ0) is 64.5. The molecule has 0 aliphatic carbocycles. The number of carbonyl (C=O) groups excluding carboxylic acids is 9. The minimum atomic E-state index is -1.51. The molecule has 4 aromatic carbocycles. The van der Waals surface area contributed by atoms with Gasteiger partial charge in [0.2, 0.25) is 29.4 Å². The number of esters is 2. The van der Waals surface area contributed by atoms with Gasteiger partial charge in [-0.3, -0.25) is 33.6 Å². The highest BCUT2D eigenvalue weighted by Crippen LogP contribution is 2.33. The molecule has 0 unspecified atom stereocenters. The van der Waals surface area contributed by atoms with Crippen LogP contribution in [0, 0.1) is 11.3 Å². The number of piperidine rings is 1. The molecule has 88 heavy (non-hydrogen) atoms. The number of Topliss-reactive ketones (excluding diaryl/α,β-unsaturated/α-hetero) is 1. The largest absolute Gasteiger partial charge is 0.493 e. The topological polar surface area (TPSA) is 246 Å². The van der Waals surface area contributed by atoms with Crippen LogP contribution in [0.3, 0.4) is 0 Å². The van der Waals surface area contributed by atoms with Crippen molar-refractivity contribution in [3.63, 3.8) is 0 Å². The molecule has 21 nitrogen and oxygen atoms in total. The lowest BCUT2D eigenvalue weighted by atomic mass is 9.87. The average molecular weight is 1220 g/mol. The number of ketones is 1. The Hall–Kier alpha value is -8.33. The van der Waals surface area contributed by atoms with Crippen LogP contribution in [0.25, 0.3) is 10.8 Å². The molecule has 21 heteroatoms. The molecule has 5 atom stereocenters. The van der Waals surface area contributed by atoms with Crippen LogP contribution in [0.1, 0.15) is 110 Å². The molecule has 0 radical (unpaired) electrons. The fourth-order valence-corrected chi connectivity index (χ4v) is 10.3. The number of hydrogen-bond donors (Lipinski definition) is 2. The highest BCUT2D eigenvalue weighted by atomic mass is 16.5. The second-order valence-corrected chi connectivity index (χ2v) is 24.6. The summed E-state index contributed by atoms with van der Waals surface area (Å²) in [5, 5.41) is 7.63. The van der Waals surface area contributed by atoms with Gasteiger partial charge in [-0.05, 0) is 137 Å². The summed E-state index contributed by atoms with van der Waals surface area (Å²) in [5.41, 5.74) is -0.196. The van der Waals surface area contributed by atoms with E-state index in [1.807, 2.05) is 68.4 Å². The molecule has 6 amide bonds. The van der Waals surface area contributed by atoms with E-state index in [1.165, 1.54) is 69.0 Å². The number of benzene rings is 4. The minimum Gasteiger partial charge on any atom is -0.493 e. The fourth-order valence-electron chi connectivity index (χ4n) is 10.3. The van der Waals surface area contributed by atoms with Gasteiger partial charge < -0.3 is 58.7 Å². The van der Waals surface area contributed by atoms with Crippen LogP contribution in [-0.2, 0) is 70.2 Å². The average Bonchev–Trinajstić information content (AvgIpc) is 1.76. The summed E-state index contributed by atoms with van der Waals surface area (Å²) < 4.78 is 35.0. The first-order valence-corrected chi connectivity index (χ1v) is 30.0. The van der Waals surface area contributed by atoms with E-state index in [-0.39, 0.29) is 63.5 Å². The summed E-state index contributed by atoms with van der Waals surface area (Å²) in [6.07, 6.45) is 4.08. The Morgan fingerprint density at radius 3 is 2.16 bits per heavy atom. The van der Waals surface area contributed by atoms with Crippen molar-refractivity contribution < 1.29 is 71.6 Å². The molecular formula is C67H88N6O15. The van der Waals surface area contributed by atoms with Crippen LogP contribution in [0.15, 0.2) is 97.1 Å². The predicted octanol–water partition coefficient (Wildman–Crippen LogP) is 6.75. The van der Waals surface area contributed by atoms with Crippen molar-refractivity contribution in [3.05, 3.63) is 114 Å². The molecule has 0 saturated carbocycles. The Bertz CT molecular complexity index is 3170. The van der Waals surface area contributed by atoms with E-state index in [9.17, 15) is 43.2 Å². The summed E-state index contributed by atoms with van der Waals surface area (Å²) in [6.45, 7) is 10.6. The number of cyclic esters (lactones) is 2. The quantitative estimate of drug-likeness (QED) is 0.117. The number of nitrogens with one attached hydrogen (secondary N) is 2. The first-order chi connectivity index (χ1) is 41.7. The number of methoxy groups -OCH3 is 2. The maximum absolute atomic E-state index is 14.8. The molecule has 1 saturated heterocycles. The minimum absolute atomic E-state index is 0.0603. The molecule has 6 rings (SSSR count). The Morgan fingerprint density at radius 1 is 0.739 bits per heavy atom. The van der Waals surface area contributed by atoms with Crippen LogP contribution in [-0.4, -0.2) is 177 Å². The van der Waals surface area contributed by atoms with Crippen molar-refractivity contribution in [3.8, 4) is 17.2 Å². The second-order valence-electron chi connectivity index (χ2n) is 24.6. The zero-order valence-electron chi connectivity index (χ0n) is 53.0. The predicted molar refractivity (Wildman–Crippen MR) is 330 cm³/mol. The first kappa shape index (κ1) is 68.8. The van der Waals surface area contributed by atoms with Gasteiger partial charge in [-0.25, -0.2) is 9.59 Å². The van der Waals surface area contributed by atoms with Gasteiger partial charge in [0.15, 0.2) is 18.1 Å². The lowest BCUT2D eigenvalue weighted by Crippen LogP contribution is -2.59. The maximum atomic E-state index is 14.8. The van der Waals surface area contributed by atoms with E-state index in [4.69, 9.17) is 28.4 Å². The monoisotopic (exact) mass is 1220 g/mol. The molecule has 476 valence electrons. The van der Waals surface area contributed by atoms with Gasteiger partial charge in [-0.1, -0.05) is 80.6 Å². The highest BCUT2D eigenvalue weighted by Gasteiger charge is 2.43. The van der Waals surface area contributed by atoms with Crippen LogP contribution in [0.4, 0.5) is 0 Å². The molecule has 1 fully saturated rings. The van der Waals surface area contributed by atoms with Gasteiger partial charge in [0.1, 0.15) is 42.6 Å². The van der Waals surface area contributed by atoms with E-state index in [0.29, 0.717) is 36.3 Å². The second kappa shape index (κ2) is 31.5. The lowest BCUT2D eigenvalue weighted by Gasteiger charge is -2.36. The zero-order valence-corrected chi connectivity index (χ0v) is 53.0. The van der Waals surface area contributed by atoms with Crippen molar-refractivity contribution in [2.75, 3.05) is 74.8 Å². The summed E-state index contributed by atoms with van der Waals surface area (Å²) in [5.74, 6) is -5.19. The molecule has 2 heterocycles. The molecule has 0 aromatic heterocycles. The lowest BCUT2D eigenvalue weighted by molar-refractivity contribution is -0.165. The smallest absolute Gasteiger partial charge is 0.330 e. The van der Waals surface area contributed by atoms with Gasteiger partial charge in [-0.15, -0.1) is 0 Å². The summed E-state index contributed by atoms with van der Waals surface area (Å²) >= 11 is 0. The Kier molecular flexibility index (Phi) is 24.6. The van der Waals surface area contributed by atoms with E-state index in [2.05, 4.69) is 10.6 Å². The number of hydrogen-bond acceptors (Lipinski definition) is 15. The van der Waals surface area contributed by atoms with Gasteiger partial charge in [0, 0.05) is 46.7 Å². The summed E-state index contributed by atoms with van der Waals surface area (Å²) in [4.78, 5) is 133. The number of ether oxygens (including phenoxy) is 6. The van der Waals surface area contributed by atoms with Crippen LogP contribution >= 0.6 is 0 Å². The number of carbonyl (C=O) groups is 9. The van der Waals surface area contributed by atoms with E-state index < -0.39 is 114 Å². The van der Waals surface area contributed by atoms with Crippen molar-refractivity contribution in [2.45, 2.75) is 136 Å². The molecule has 2 N–H and O–H groups in total. The molecule has 2 aliphatic heterocycles. The Balaban J connectivity index is 1.31. The number of nitrogens with zero attached hydrogens (tertiary/aromatic N) is 4. The fraction of sp³-hybridized carbons (Fsp3) is 0.507. The van der Waals surface area contributed by atoms with Crippen LogP contribution in [0.5, 0.6) is 17.2 Å². The van der Waals surface area contributed by atoms with Gasteiger partial charge in [0.25, 0.3) is 11.8 Å². The van der Waals surface area contributed by atoms with Gasteiger partial charge >= 0.3 is 11.9 Å². The van der Waals surface area contributed by atoms with Crippen molar-refractivity contribution in [1.82, 2.24) is 30.2 Å². The highest BCUT2D eigenvalue weighted by molar-refractivity contribution is 6.38. The third-order valence-electron chi connectivity index (χ3n) is 15.5. The Morgan fingerprint density at radius 2 is 1.45 bits per heavy atom. The standard InChI is InChI=1S/C67H88N6O15/c1-43(2)34-50-63(80)72(10)53(40-87-66(3,4)5)61(78)69-51(36-45-26-29-46-20-13-14-21-47(46)35-45)62(79)70(8)32-17-16-25-59(76)86-42-67(6,7)60(77)64(81)73-33-18-15-24-52(73)65(82)88-54(30-27-44-28-31-55(83-11)56(37-44)84-12)48-22-19-23-49(38-48)85-41-58(75)71(9)39-57(74)68-50/h13-14,16,19-23,25-26,28-29,31,35,37-38,43,50-54H,15,17-18,24,27,30,32-34,36,39-42H2,1-12H3,(H,68,74)(H,69,78)/b25-16-/t50-,51+,52+,53+,54-/m1/s1.